The Balaban J connectivity index is 2.87. The summed E-state index contributed by atoms with van der Waals surface area (Å²) in [5, 5.41) is 0. The molecular weight excluding hydrogens is 424 g/mol. The maximum absolute atomic E-state index is 14.4. The van der Waals surface area contributed by atoms with Crippen LogP contribution in [-0.4, -0.2) is 15.2 Å². The highest BCUT2D eigenvalue weighted by Crippen LogP contribution is 2.31. The van der Waals surface area contributed by atoms with E-state index in [4.69, 9.17) is 4.74 Å². The van der Waals surface area contributed by atoms with Crippen LogP contribution >= 0.6 is 15.9 Å². The van der Waals surface area contributed by atoms with E-state index in [9.17, 15) is 27.2 Å². The van der Waals surface area contributed by atoms with Crippen molar-refractivity contribution in [1.82, 2.24) is 9.13 Å². The first kappa shape index (κ1) is 20.2. The van der Waals surface area contributed by atoms with Gasteiger partial charge >= 0.3 is 11.9 Å². The molecular formula is C16H15BrF4N2O3. The second-order valence-corrected chi connectivity index (χ2v) is 6.71. The maximum atomic E-state index is 14.4. The molecule has 2 aromatic rings. The van der Waals surface area contributed by atoms with Gasteiger partial charge < -0.3 is 4.74 Å². The normalized spacial score (nSPS) is 11.9. The molecule has 0 aliphatic heterocycles. The van der Waals surface area contributed by atoms with Gasteiger partial charge in [-0.25, -0.2) is 13.8 Å². The summed E-state index contributed by atoms with van der Waals surface area (Å²) in [5.41, 5.74) is -5.15. The zero-order valence-corrected chi connectivity index (χ0v) is 15.8. The molecule has 0 amide bonds. The molecule has 0 N–H and O–H groups in total. The van der Waals surface area contributed by atoms with Crippen LogP contribution in [0.5, 0.6) is 5.75 Å². The molecule has 0 unspecified atom stereocenters. The van der Waals surface area contributed by atoms with Gasteiger partial charge in [0.2, 0.25) is 0 Å². The molecule has 0 saturated heterocycles. The van der Waals surface area contributed by atoms with Gasteiger partial charge in [0.05, 0.1) is 16.3 Å². The average Bonchev–Trinajstić information content (AvgIpc) is 2.48. The number of hydrogen-bond donors (Lipinski definition) is 0. The quantitative estimate of drug-likeness (QED) is 0.688. The molecule has 26 heavy (non-hydrogen) atoms. The fourth-order valence-corrected chi connectivity index (χ4v) is 2.91. The summed E-state index contributed by atoms with van der Waals surface area (Å²) < 4.78 is 60.1. The van der Waals surface area contributed by atoms with Gasteiger partial charge in [-0.15, -0.1) is 0 Å². The topological polar surface area (TPSA) is 53.2 Å². The lowest BCUT2D eigenvalue weighted by Crippen LogP contribution is -2.43. The van der Waals surface area contributed by atoms with E-state index < -0.39 is 40.2 Å². The van der Waals surface area contributed by atoms with Crippen LogP contribution in [0.1, 0.15) is 25.1 Å². The van der Waals surface area contributed by atoms with E-state index in [2.05, 4.69) is 15.9 Å². The van der Waals surface area contributed by atoms with Gasteiger partial charge in [0, 0.05) is 18.7 Å². The minimum Gasteiger partial charge on any atom is -0.490 e. The Labute approximate surface area is 154 Å². The maximum Gasteiger partial charge on any atom is 0.432 e. The molecule has 1 aromatic carbocycles. The van der Waals surface area contributed by atoms with Gasteiger partial charge in [0.1, 0.15) is 17.3 Å². The van der Waals surface area contributed by atoms with Crippen molar-refractivity contribution in [2.75, 3.05) is 0 Å². The number of alkyl halides is 3. The van der Waals surface area contributed by atoms with Gasteiger partial charge in [-0.1, -0.05) is 0 Å². The van der Waals surface area contributed by atoms with E-state index in [1.165, 1.54) is 0 Å². The molecule has 2 rings (SSSR count). The van der Waals surface area contributed by atoms with Gasteiger partial charge in [-0.3, -0.25) is 9.36 Å². The first-order valence-corrected chi connectivity index (χ1v) is 8.21. The van der Waals surface area contributed by atoms with E-state index in [1.807, 2.05) is 0 Å². The predicted molar refractivity (Wildman–Crippen MR) is 90.4 cm³/mol. The Morgan fingerprint density at radius 3 is 2.27 bits per heavy atom. The van der Waals surface area contributed by atoms with Crippen LogP contribution in [0.3, 0.4) is 0 Å². The number of benzene rings is 1. The number of ether oxygens (including phenoxy) is 1. The van der Waals surface area contributed by atoms with E-state index >= 15 is 0 Å². The Morgan fingerprint density at radius 1 is 1.19 bits per heavy atom. The van der Waals surface area contributed by atoms with Crippen molar-refractivity contribution in [2.24, 2.45) is 7.05 Å². The summed E-state index contributed by atoms with van der Waals surface area (Å²) in [6.07, 6.45) is -5.20. The Bertz CT molecular complexity index is 940. The monoisotopic (exact) mass is 438 g/mol. The summed E-state index contributed by atoms with van der Waals surface area (Å²) >= 11 is 3.10. The van der Waals surface area contributed by atoms with Gasteiger partial charge in [-0.05, 0) is 42.8 Å². The van der Waals surface area contributed by atoms with Crippen LogP contribution < -0.4 is 16.0 Å². The van der Waals surface area contributed by atoms with E-state index in [1.54, 1.807) is 13.8 Å². The molecule has 0 spiro atoms. The smallest absolute Gasteiger partial charge is 0.432 e. The third kappa shape index (κ3) is 3.55. The van der Waals surface area contributed by atoms with Crippen LogP contribution in [0.2, 0.25) is 0 Å². The van der Waals surface area contributed by atoms with Crippen LogP contribution in [0.15, 0.2) is 26.2 Å². The molecule has 0 fully saturated rings. The average molecular weight is 439 g/mol. The molecule has 0 radical (unpaired) electrons. The zero-order chi connectivity index (χ0) is 20.0. The molecule has 0 saturated carbocycles. The summed E-state index contributed by atoms with van der Waals surface area (Å²) in [5.74, 6) is -0.825. The fourth-order valence-electron chi connectivity index (χ4n) is 2.50. The zero-order valence-electron chi connectivity index (χ0n) is 14.2. The van der Waals surface area contributed by atoms with Crippen molar-refractivity contribution in [3.8, 4) is 11.4 Å². The van der Waals surface area contributed by atoms with E-state index in [0.29, 0.717) is 4.57 Å². The minimum absolute atomic E-state index is 0.142. The second kappa shape index (κ2) is 6.90. The van der Waals surface area contributed by atoms with Gasteiger partial charge in [0.15, 0.2) is 0 Å². The molecule has 0 atom stereocenters. The van der Waals surface area contributed by atoms with Crippen LogP contribution in [0.4, 0.5) is 17.6 Å². The molecule has 0 aliphatic carbocycles. The number of nitrogens with zero attached hydrogens (tertiary/aromatic N) is 2. The third-order valence-electron chi connectivity index (χ3n) is 3.57. The van der Waals surface area contributed by atoms with Gasteiger partial charge in [-0.2, -0.15) is 13.2 Å². The lowest BCUT2D eigenvalue weighted by Gasteiger charge is -2.18. The first-order chi connectivity index (χ1) is 11.9. The van der Waals surface area contributed by atoms with E-state index in [-0.39, 0.29) is 20.9 Å². The Morgan fingerprint density at radius 2 is 1.77 bits per heavy atom. The summed E-state index contributed by atoms with van der Waals surface area (Å²) in [6.45, 7) is 4.36. The minimum atomic E-state index is -4.90. The molecule has 0 aliphatic rings. The van der Waals surface area contributed by atoms with Crippen LogP contribution in [-0.2, 0) is 13.2 Å². The highest BCUT2D eigenvalue weighted by molar-refractivity contribution is 9.10. The molecule has 10 heteroatoms. The van der Waals surface area contributed by atoms with Crippen molar-refractivity contribution in [2.45, 2.75) is 33.1 Å². The van der Waals surface area contributed by atoms with Crippen LogP contribution in [0, 0.1) is 12.7 Å². The standard InChI is InChI=1S/C16H15BrF4N2O3/c1-7(2)26-12-6-11(10(18)5-9(12)17)23-14(24)8(3)13(16(19,20)21)22(4)15(23)25/h5-7H,1-4H3. The largest absolute Gasteiger partial charge is 0.490 e. The first-order valence-electron chi connectivity index (χ1n) is 7.42. The highest BCUT2D eigenvalue weighted by atomic mass is 79.9. The Hall–Kier alpha value is -2.10. The van der Waals surface area contributed by atoms with Crippen molar-refractivity contribution in [3.05, 3.63) is 54.5 Å². The molecule has 142 valence electrons. The summed E-state index contributed by atoms with van der Waals surface area (Å²) in [7, 11) is 0.871. The SMILES string of the molecule is Cc1c(C(F)(F)F)n(C)c(=O)n(-c2cc(OC(C)C)c(Br)cc2F)c1=O. The van der Waals surface area contributed by atoms with Gasteiger partial charge in [0.25, 0.3) is 5.56 Å². The van der Waals surface area contributed by atoms with Crippen molar-refractivity contribution in [3.63, 3.8) is 0 Å². The second-order valence-electron chi connectivity index (χ2n) is 5.85. The third-order valence-corrected chi connectivity index (χ3v) is 4.19. The number of hydrogen-bond acceptors (Lipinski definition) is 3. The molecule has 1 heterocycles. The molecule has 0 bridgehead atoms. The number of halogens is 5. The molecule has 1 aromatic heterocycles. The van der Waals surface area contributed by atoms with Crippen molar-refractivity contribution in [1.29, 1.82) is 0 Å². The number of aromatic nitrogens is 2. The van der Waals surface area contributed by atoms with Crippen molar-refractivity contribution >= 4 is 15.9 Å². The lowest BCUT2D eigenvalue weighted by molar-refractivity contribution is -0.144. The van der Waals surface area contributed by atoms with Crippen LogP contribution in [0.25, 0.3) is 5.69 Å². The highest BCUT2D eigenvalue weighted by Gasteiger charge is 2.38. The summed E-state index contributed by atoms with van der Waals surface area (Å²) in [6, 6.07) is 2.07. The molecule has 5 nitrogen and oxygen atoms in total. The Kier molecular flexibility index (Phi) is 5.36. The fraction of sp³-hybridized carbons (Fsp3) is 0.375. The predicted octanol–water partition coefficient (Wildman–Crippen LogP) is 3.55. The lowest BCUT2D eigenvalue weighted by atomic mass is 10.2. The summed E-state index contributed by atoms with van der Waals surface area (Å²) in [4.78, 5) is 24.8. The number of rotatable bonds is 3. The van der Waals surface area contributed by atoms with E-state index in [0.717, 1.165) is 26.1 Å². The van der Waals surface area contributed by atoms with Crippen molar-refractivity contribution < 1.29 is 22.3 Å².